The maximum Gasteiger partial charge on any atom is 0.159 e. The molecular weight excluding hydrogens is 671 g/mol. The maximum absolute atomic E-state index is 7.23. The molecule has 2 heterocycles. The smallest absolute Gasteiger partial charge is 0.159 e. The van der Waals surface area contributed by atoms with Crippen molar-refractivity contribution in [2.45, 2.75) is 0 Å². The fourth-order valence-electron chi connectivity index (χ4n) is 8.26. The third-order valence-corrected chi connectivity index (χ3v) is 10.9. The second kappa shape index (κ2) is 12.6. The first kappa shape index (κ1) is 31.2. The summed E-state index contributed by atoms with van der Waals surface area (Å²) in [7, 11) is 0. The number of benzene rings is 9. The summed E-state index contributed by atoms with van der Waals surface area (Å²) in [6.45, 7) is 0. The lowest BCUT2D eigenvalue weighted by atomic mass is 9.94. The zero-order valence-corrected chi connectivity index (χ0v) is 29.8. The van der Waals surface area contributed by atoms with E-state index in [9.17, 15) is 0 Å². The average molecular weight is 704 g/mol. The molecule has 0 unspecified atom stereocenters. The van der Waals surface area contributed by atoms with E-state index in [1.807, 2.05) is 12.1 Å². The van der Waals surface area contributed by atoms with Crippen molar-refractivity contribution in [1.82, 2.24) is 0 Å². The topological polar surface area (TPSA) is 29.5 Å². The van der Waals surface area contributed by atoms with E-state index in [2.05, 4.69) is 193 Å². The molecule has 55 heavy (non-hydrogen) atoms. The number of nitrogens with zero attached hydrogens (tertiary/aromatic N) is 1. The van der Waals surface area contributed by atoms with Crippen molar-refractivity contribution < 1.29 is 8.83 Å². The number of fused-ring (bicyclic) bond motifs is 7. The molecule has 0 saturated carbocycles. The van der Waals surface area contributed by atoms with E-state index in [0.29, 0.717) is 0 Å². The first-order valence-corrected chi connectivity index (χ1v) is 18.7. The second-order valence-corrected chi connectivity index (χ2v) is 14.0. The van der Waals surface area contributed by atoms with Gasteiger partial charge in [0.2, 0.25) is 0 Å². The van der Waals surface area contributed by atoms with E-state index >= 15 is 0 Å². The van der Waals surface area contributed by atoms with E-state index < -0.39 is 0 Å². The van der Waals surface area contributed by atoms with E-state index in [1.165, 1.54) is 22.3 Å². The predicted octanol–water partition coefficient (Wildman–Crippen LogP) is 15.1. The van der Waals surface area contributed by atoms with Crippen molar-refractivity contribution in [3.05, 3.63) is 200 Å². The Bertz CT molecular complexity index is 3090. The monoisotopic (exact) mass is 703 g/mol. The zero-order chi connectivity index (χ0) is 36.3. The molecule has 0 fully saturated rings. The molecule has 3 heteroatoms. The molecule has 2 aromatic heterocycles. The van der Waals surface area contributed by atoms with Crippen LogP contribution in [0.15, 0.2) is 209 Å². The van der Waals surface area contributed by atoms with Crippen LogP contribution in [0.4, 0.5) is 17.1 Å². The minimum absolute atomic E-state index is 0.824. The van der Waals surface area contributed by atoms with Crippen LogP contribution < -0.4 is 4.90 Å². The fourth-order valence-corrected chi connectivity index (χ4v) is 8.26. The Morgan fingerprint density at radius 2 is 0.855 bits per heavy atom. The highest BCUT2D eigenvalue weighted by Gasteiger charge is 2.24. The molecule has 0 amide bonds. The predicted molar refractivity (Wildman–Crippen MR) is 229 cm³/mol. The lowest BCUT2D eigenvalue weighted by Crippen LogP contribution is -2.10. The SMILES string of the molecule is c1ccc(-c2ccc(N(c3ccc(-c4ccccc4)cc3)c3cccc4c3oc3c(-c5cccc6c5oc5ccccc56)c5ccccc5cc34)cc2)cc1. The molecule has 3 nitrogen and oxygen atoms in total. The molecule has 9 aromatic carbocycles. The number of rotatable bonds is 6. The number of anilines is 3. The van der Waals surface area contributed by atoms with Crippen LogP contribution in [0.1, 0.15) is 0 Å². The van der Waals surface area contributed by atoms with E-state index in [4.69, 9.17) is 8.83 Å². The van der Waals surface area contributed by atoms with Crippen LogP contribution in [-0.2, 0) is 0 Å². The van der Waals surface area contributed by atoms with Gasteiger partial charge in [-0.25, -0.2) is 0 Å². The van der Waals surface area contributed by atoms with Crippen molar-refractivity contribution in [2.75, 3.05) is 4.90 Å². The van der Waals surface area contributed by atoms with Gasteiger partial charge in [0.15, 0.2) is 5.58 Å². The van der Waals surface area contributed by atoms with Crippen molar-refractivity contribution in [2.24, 2.45) is 0 Å². The molecule has 0 N–H and O–H groups in total. The summed E-state index contributed by atoms with van der Waals surface area (Å²) in [5.74, 6) is 0. The molecule has 0 saturated heterocycles. The number of para-hydroxylation sites is 3. The van der Waals surface area contributed by atoms with Gasteiger partial charge in [-0.1, -0.05) is 158 Å². The average Bonchev–Trinajstić information content (AvgIpc) is 3.83. The van der Waals surface area contributed by atoms with Crippen LogP contribution >= 0.6 is 0 Å². The Balaban J connectivity index is 1.16. The van der Waals surface area contributed by atoms with Crippen LogP contribution in [0.25, 0.3) is 88.0 Å². The molecule has 0 bridgehead atoms. The second-order valence-electron chi connectivity index (χ2n) is 14.0. The third-order valence-electron chi connectivity index (χ3n) is 10.9. The van der Waals surface area contributed by atoms with Crippen LogP contribution in [0, 0.1) is 0 Å². The maximum atomic E-state index is 7.23. The Labute approximate surface area is 317 Å². The quantitative estimate of drug-likeness (QED) is 0.173. The van der Waals surface area contributed by atoms with Crippen LogP contribution in [0.3, 0.4) is 0 Å². The van der Waals surface area contributed by atoms with Crippen LogP contribution in [0.5, 0.6) is 0 Å². The van der Waals surface area contributed by atoms with Gasteiger partial charge in [0, 0.05) is 44.0 Å². The van der Waals surface area contributed by atoms with Gasteiger partial charge in [0.1, 0.15) is 16.7 Å². The molecule has 11 rings (SSSR count). The first-order chi connectivity index (χ1) is 27.3. The Morgan fingerprint density at radius 1 is 0.327 bits per heavy atom. The number of hydrogen-bond donors (Lipinski definition) is 0. The summed E-state index contributed by atoms with van der Waals surface area (Å²) in [6, 6.07) is 70.7. The molecule has 0 aliphatic heterocycles. The van der Waals surface area contributed by atoms with Gasteiger partial charge < -0.3 is 13.7 Å². The van der Waals surface area contributed by atoms with Gasteiger partial charge in [-0.3, -0.25) is 0 Å². The fraction of sp³-hybridized carbons (Fsp3) is 0. The number of furan rings is 2. The molecular formula is C52H33NO2. The summed E-state index contributed by atoms with van der Waals surface area (Å²) < 4.78 is 13.8. The Kier molecular flexibility index (Phi) is 7.17. The first-order valence-electron chi connectivity index (χ1n) is 18.7. The number of hydrogen-bond acceptors (Lipinski definition) is 3. The van der Waals surface area contributed by atoms with E-state index in [-0.39, 0.29) is 0 Å². The van der Waals surface area contributed by atoms with Crippen molar-refractivity contribution in [1.29, 1.82) is 0 Å². The van der Waals surface area contributed by atoms with Gasteiger partial charge in [-0.05, 0) is 75.5 Å². The molecule has 0 spiro atoms. The highest BCUT2D eigenvalue weighted by Crippen LogP contribution is 2.48. The summed E-state index contributed by atoms with van der Waals surface area (Å²) in [4.78, 5) is 2.31. The van der Waals surface area contributed by atoms with Gasteiger partial charge in [0.05, 0.1) is 5.69 Å². The van der Waals surface area contributed by atoms with Crippen molar-refractivity contribution in [3.63, 3.8) is 0 Å². The van der Waals surface area contributed by atoms with Gasteiger partial charge in [-0.2, -0.15) is 0 Å². The van der Waals surface area contributed by atoms with Gasteiger partial charge in [0.25, 0.3) is 0 Å². The normalized spacial score (nSPS) is 11.6. The Hall–Kier alpha value is -7.36. The standard InChI is InChI=1S/C52H33NO2/c1-3-13-34(14-4-1)36-25-29-39(30-26-36)53(40-31-27-37(28-32-40)35-15-5-2-6-16-35)47-23-12-21-44-46-33-38-17-7-8-18-41(38)49(52(46)55-51(44)47)45-22-11-20-43-42-19-9-10-24-48(42)54-50(43)45/h1-33H. The van der Waals surface area contributed by atoms with Crippen LogP contribution in [0.2, 0.25) is 0 Å². The van der Waals surface area contributed by atoms with E-state index in [0.717, 1.165) is 82.8 Å². The minimum Gasteiger partial charge on any atom is -0.455 e. The zero-order valence-electron chi connectivity index (χ0n) is 29.8. The largest absolute Gasteiger partial charge is 0.455 e. The lowest BCUT2D eigenvalue weighted by Gasteiger charge is -2.26. The highest BCUT2D eigenvalue weighted by atomic mass is 16.3. The highest BCUT2D eigenvalue weighted by molar-refractivity contribution is 6.23. The molecule has 0 radical (unpaired) electrons. The molecule has 0 aliphatic carbocycles. The summed E-state index contributed by atoms with van der Waals surface area (Å²) in [6.07, 6.45) is 0. The van der Waals surface area contributed by atoms with Crippen LogP contribution in [-0.4, -0.2) is 0 Å². The summed E-state index contributed by atoms with van der Waals surface area (Å²) in [5, 5.41) is 6.59. The van der Waals surface area contributed by atoms with Gasteiger partial charge >= 0.3 is 0 Å². The molecule has 11 aromatic rings. The molecule has 0 atom stereocenters. The van der Waals surface area contributed by atoms with E-state index in [1.54, 1.807) is 0 Å². The van der Waals surface area contributed by atoms with Crippen molar-refractivity contribution in [3.8, 4) is 33.4 Å². The van der Waals surface area contributed by atoms with Crippen molar-refractivity contribution >= 4 is 71.7 Å². The molecule has 258 valence electrons. The minimum atomic E-state index is 0.824. The summed E-state index contributed by atoms with van der Waals surface area (Å²) in [5.41, 5.74) is 13.2. The lowest BCUT2D eigenvalue weighted by molar-refractivity contribution is 0.665. The molecule has 0 aliphatic rings. The summed E-state index contributed by atoms with van der Waals surface area (Å²) >= 11 is 0. The Morgan fingerprint density at radius 3 is 1.53 bits per heavy atom. The van der Waals surface area contributed by atoms with Gasteiger partial charge in [-0.15, -0.1) is 0 Å². The third kappa shape index (κ3) is 5.13.